The molecule has 1 fully saturated rings. The molecule has 0 aliphatic carbocycles. The van der Waals surface area contributed by atoms with Crippen LogP contribution in [0.1, 0.15) is 44.1 Å². The summed E-state index contributed by atoms with van der Waals surface area (Å²) in [5.74, 6) is 0.0576. The van der Waals surface area contributed by atoms with Crippen LogP contribution in [0, 0.1) is 5.41 Å². The van der Waals surface area contributed by atoms with Crippen LogP contribution in [0.2, 0.25) is 0 Å². The number of fused-ring (bicyclic) bond motifs is 1. The van der Waals surface area contributed by atoms with E-state index in [2.05, 4.69) is 24.1 Å². The number of anilines is 1. The Morgan fingerprint density at radius 3 is 2.79 bits per heavy atom. The van der Waals surface area contributed by atoms with Gasteiger partial charge in [-0.25, -0.2) is 4.79 Å². The summed E-state index contributed by atoms with van der Waals surface area (Å²) in [5, 5.41) is 3.68. The lowest BCUT2D eigenvalue weighted by Crippen LogP contribution is -3.15. The second-order valence-electron chi connectivity index (χ2n) is 8.18. The van der Waals surface area contributed by atoms with Crippen LogP contribution in [0.25, 0.3) is 10.9 Å². The number of rotatable bonds is 6. The van der Waals surface area contributed by atoms with Gasteiger partial charge in [-0.15, -0.1) is 0 Å². The van der Waals surface area contributed by atoms with E-state index >= 15 is 0 Å². The molecule has 0 saturated carbocycles. The average Bonchev–Trinajstić information content (AvgIpc) is 2.98. The highest BCUT2D eigenvalue weighted by Crippen LogP contribution is 2.31. The smallest absolute Gasteiger partial charge is 0.356 e. The minimum atomic E-state index is -0.487. The van der Waals surface area contributed by atoms with Crippen molar-refractivity contribution in [3.05, 3.63) is 23.9 Å². The lowest BCUT2D eigenvalue weighted by molar-refractivity contribution is -0.904. The summed E-state index contributed by atoms with van der Waals surface area (Å²) in [4.78, 5) is 29.5. The number of aromatic nitrogens is 1. The molecule has 3 N–H and O–H groups in total. The maximum atomic E-state index is 12.8. The van der Waals surface area contributed by atoms with Gasteiger partial charge in [0, 0.05) is 16.3 Å². The summed E-state index contributed by atoms with van der Waals surface area (Å²) in [7, 11) is 1.58. The number of ether oxygens (including phenoxy) is 2. The number of carbonyl (C=O) groups excluding carboxylic acids is 2. The van der Waals surface area contributed by atoms with Gasteiger partial charge in [0.05, 0.1) is 32.5 Å². The minimum Gasteiger partial charge on any atom is -0.497 e. The zero-order valence-electron chi connectivity index (χ0n) is 17.1. The van der Waals surface area contributed by atoms with Crippen LogP contribution in [0.3, 0.4) is 0 Å². The third-order valence-corrected chi connectivity index (χ3v) is 5.27. The maximum absolute atomic E-state index is 12.8. The lowest BCUT2D eigenvalue weighted by atomic mass is 9.84. The van der Waals surface area contributed by atoms with Crippen LogP contribution < -0.4 is 15.0 Å². The van der Waals surface area contributed by atoms with Gasteiger partial charge in [-0.3, -0.25) is 4.79 Å². The topological polar surface area (TPSA) is 84.9 Å². The first-order chi connectivity index (χ1) is 13.3. The van der Waals surface area contributed by atoms with Crippen molar-refractivity contribution in [3.63, 3.8) is 0 Å². The highest BCUT2D eigenvalue weighted by Gasteiger charge is 2.31. The van der Waals surface area contributed by atoms with Crippen LogP contribution in [-0.2, 0) is 9.53 Å². The molecule has 7 nitrogen and oxygen atoms in total. The van der Waals surface area contributed by atoms with E-state index in [1.165, 1.54) is 11.3 Å². The molecule has 0 bridgehead atoms. The molecular weight excluding hydrogens is 358 g/mol. The number of hydrogen-bond donors (Lipinski definition) is 3. The van der Waals surface area contributed by atoms with E-state index in [1.807, 2.05) is 6.07 Å². The van der Waals surface area contributed by atoms with E-state index in [0.717, 1.165) is 30.4 Å². The van der Waals surface area contributed by atoms with Crippen molar-refractivity contribution in [1.82, 2.24) is 4.98 Å². The molecule has 0 radical (unpaired) electrons. The van der Waals surface area contributed by atoms with E-state index in [0.29, 0.717) is 18.0 Å². The first-order valence-electron chi connectivity index (χ1n) is 9.83. The first-order valence-corrected chi connectivity index (χ1v) is 9.83. The Hall–Kier alpha value is -2.54. The standard InChI is InChI=1S/C21H29N3O4/c1-5-28-20(26)19-18(15-11-14(27-4)7-8-16(15)22-19)23-17(25)12-24-10-6-9-21(2,3)13-24/h7-8,11,22H,5-6,9-10,12-13H2,1-4H3,(H,23,25)/p+1. The summed E-state index contributed by atoms with van der Waals surface area (Å²) < 4.78 is 10.5. The van der Waals surface area contributed by atoms with Gasteiger partial charge in [0.2, 0.25) is 0 Å². The summed E-state index contributed by atoms with van der Waals surface area (Å²) in [6.07, 6.45) is 2.31. The van der Waals surface area contributed by atoms with Gasteiger partial charge in [0.15, 0.2) is 6.54 Å². The number of likely N-dealkylation sites (tertiary alicyclic amines) is 1. The second kappa shape index (κ2) is 8.22. The average molecular weight is 388 g/mol. The molecule has 7 heteroatoms. The number of carbonyl (C=O) groups is 2. The van der Waals surface area contributed by atoms with Gasteiger partial charge < -0.3 is 24.7 Å². The van der Waals surface area contributed by atoms with Gasteiger partial charge in [-0.05, 0) is 38.0 Å². The number of hydrogen-bond acceptors (Lipinski definition) is 4. The fraction of sp³-hybridized carbons (Fsp3) is 0.524. The van der Waals surface area contributed by atoms with Crippen molar-refractivity contribution in [2.45, 2.75) is 33.6 Å². The van der Waals surface area contributed by atoms with E-state index in [1.54, 1.807) is 26.2 Å². The molecular formula is C21H30N3O4+. The fourth-order valence-corrected chi connectivity index (χ4v) is 4.02. The lowest BCUT2D eigenvalue weighted by Gasteiger charge is -2.34. The molecule has 1 aliphatic rings. The Bertz CT molecular complexity index is 872. The number of methoxy groups -OCH3 is 1. The quantitative estimate of drug-likeness (QED) is 0.661. The van der Waals surface area contributed by atoms with Crippen molar-refractivity contribution in [2.24, 2.45) is 5.41 Å². The Kier molecular flexibility index (Phi) is 5.93. The van der Waals surface area contributed by atoms with Gasteiger partial charge in [0.1, 0.15) is 11.4 Å². The van der Waals surface area contributed by atoms with Crippen molar-refractivity contribution in [1.29, 1.82) is 0 Å². The summed E-state index contributed by atoms with van der Waals surface area (Å²) in [6, 6.07) is 5.44. The highest BCUT2D eigenvalue weighted by molar-refractivity contribution is 6.11. The van der Waals surface area contributed by atoms with Gasteiger partial charge in [0.25, 0.3) is 5.91 Å². The number of esters is 1. The first kappa shape index (κ1) is 20.2. The normalized spacial score (nSPS) is 18.6. The van der Waals surface area contributed by atoms with E-state index in [-0.39, 0.29) is 23.6 Å². The van der Waals surface area contributed by atoms with E-state index < -0.39 is 5.97 Å². The molecule has 2 heterocycles. The Morgan fingerprint density at radius 1 is 1.32 bits per heavy atom. The van der Waals surface area contributed by atoms with Crippen molar-refractivity contribution in [3.8, 4) is 5.75 Å². The predicted molar refractivity (Wildman–Crippen MR) is 108 cm³/mol. The molecule has 1 unspecified atom stereocenters. The molecule has 0 spiro atoms. The third-order valence-electron chi connectivity index (χ3n) is 5.27. The molecule has 1 amide bonds. The number of aromatic amines is 1. The molecule has 2 aromatic rings. The largest absolute Gasteiger partial charge is 0.497 e. The maximum Gasteiger partial charge on any atom is 0.356 e. The predicted octanol–water partition coefficient (Wildman–Crippen LogP) is 2.00. The third kappa shape index (κ3) is 4.47. The zero-order chi connectivity index (χ0) is 20.3. The highest BCUT2D eigenvalue weighted by atomic mass is 16.5. The fourth-order valence-electron chi connectivity index (χ4n) is 4.02. The molecule has 1 saturated heterocycles. The van der Waals surface area contributed by atoms with Crippen LogP contribution in [0.4, 0.5) is 5.69 Å². The number of quaternary nitrogens is 1. The summed E-state index contributed by atoms with van der Waals surface area (Å²) in [6.45, 7) is 8.84. The molecule has 1 aliphatic heterocycles. The Balaban J connectivity index is 1.86. The number of nitrogens with one attached hydrogen (secondary N) is 3. The molecule has 152 valence electrons. The van der Waals surface area contributed by atoms with Gasteiger partial charge in [-0.2, -0.15) is 0 Å². The number of amides is 1. The van der Waals surface area contributed by atoms with Crippen molar-refractivity contribution in [2.75, 3.05) is 38.7 Å². The van der Waals surface area contributed by atoms with Crippen LogP contribution in [0.5, 0.6) is 5.75 Å². The van der Waals surface area contributed by atoms with Crippen molar-refractivity contribution >= 4 is 28.5 Å². The van der Waals surface area contributed by atoms with Crippen LogP contribution >= 0.6 is 0 Å². The Morgan fingerprint density at radius 2 is 2.11 bits per heavy atom. The minimum absolute atomic E-state index is 0.109. The summed E-state index contributed by atoms with van der Waals surface area (Å²) >= 11 is 0. The van der Waals surface area contributed by atoms with Crippen molar-refractivity contribution < 1.29 is 24.0 Å². The molecule has 28 heavy (non-hydrogen) atoms. The number of H-pyrrole nitrogens is 1. The zero-order valence-corrected chi connectivity index (χ0v) is 17.1. The monoisotopic (exact) mass is 388 g/mol. The Labute approximate surface area is 165 Å². The van der Waals surface area contributed by atoms with Crippen LogP contribution in [0.15, 0.2) is 18.2 Å². The van der Waals surface area contributed by atoms with E-state index in [4.69, 9.17) is 9.47 Å². The molecule has 1 aromatic heterocycles. The van der Waals surface area contributed by atoms with Crippen LogP contribution in [-0.4, -0.2) is 50.2 Å². The summed E-state index contributed by atoms with van der Waals surface area (Å²) in [5.41, 5.74) is 1.70. The van der Waals surface area contributed by atoms with Gasteiger partial charge >= 0.3 is 5.97 Å². The molecule has 1 atom stereocenters. The SMILES string of the molecule is CCOC(=O)c1[nH]c2ccc(OC)cc2c1NC(=O)C[NH+]1CCCC(C)(C)C1. The second-order valence-corrected chi connectivity index (χ2v) is 8.18. The number of benzene rings is 1. The molecule has 1 aromatic carbocycles. The van der Waals surface area contributed by atoms with Gasteiger partial charge in [-0.1, -0.05) is 13.8 Å². The van der Waals surface area contributed by atoms with E-state index in [9.17, 15) is 9.59 Å². The molecule has 3 rings (SSSR count). The number of piperidine rings is 1.